The van der Waals surface area contributed by atoms with Crippen LogP contribution in [0.4, 0.5) is 5.95 Å². The maximum absolute atomic E-state index is 12.8. The number of methoxy groups -OCH3 is 2. The molecule has 0 saturated carbocycles. The second kappa shape index (κ2) is 8.38. The average Bonchev–Trinajstić information content (AvgIpc) is 3.21. The standard InChI is InChI=1S/C21H25N5O3/c1-28-17-9-8-15(18(12-17)29-2)13-22-20(27)16-6-5-10-25(14-16)21-24-23-19-7-3-4-11-26(19)21/h3-4,7-9,11-12,16H,5-6,10,13-14H2,1-2H3,(H,22,27). The Morgan fingerprint density at radius 2 is 2.10 bits per heavy atom. The maximum Gasteiger partial charge on any atom is 0.231 e. The van der Waals surface area contributed by atoms with Crippen molar-refractivity contribution in [1.82, 2.24) is 19.9 Å². The number of amides is 1. The summed E-state index contributed by atoms with van der Waals surface area (Å²) in [4.78, 5) is 15.0. The third kappa shape index (κ3) is 3.96. The average molecular weight is 395 g/mol. The van der Waals surface area contributed by atoms with Gasteiger partial charge in [-0.3, -0.25) is 9.20 Å². The van der Waals surface area contributed by atoms with E-state index in [0.29, 0.717) is 18.8 Å². The minimum Gasteiger partial charge on any atom is -0.497 e. The highest BCUT2D eigenvalue weighted by molar-refractivity contribution is 5.79. The predicted molar refractivity (Wildman–Crippen MR) is 109 cm³/mol. The quantitative estimate of drug-likeness (QED) is 0.690. The summed E-state index contributed by atoms with van der Waals surface area (Å²) in [5, 5.41) is 11.6. The number of nitrogens with one attached hydrogen (secondary N) is 1. The van der Waals surface area contributed by atoms with Crippen LogP contribution in [-0.2, 0) is 11.3 Å². The van der Waals surface area contributed by atoms with Crippen molar-refractivity contribution in [2.45, 2.75) is 19.4 Å². The largest absolute Gasteiger partial charge is 0.497 e. The van der Waals surface area contributed by atoms with Gasteiger partial charge in [0.05, 0.1) is 20.1 Å². The monoisotopic (exact) mass is 395 g/mol. The highest BCUT2D eigenvalue weighted by atomic mass is 16.5. The zero-order chi connectivity index (χ0) is 20.2. The Labute approximate surface area is 169 Å². The van der Waals surface area contributed by atoms with Gasteiger partial charge < -0.3 is 19.7 Å². The van der Waals surface area contributed by atoms with Crippen LogP contribution in [0.5, 0.6) is 11.5 Å². The predicted octanol–water partition coefficient (Wildman–Crippen LogP) is 2.28. The van der Waals surface area contributed by atoms with Gasteiger partial charge in [0.2, 0.25) is 11.9 Å². The van der Waals surface area contributed by atoms with Gasteiger partial charge in [-0.05, 0) is 37.1 Å². The Morgan fingerprint density at radius 1 is 1.21 bits per heavy atom. The summed E-state index contributed by atoms with van der Waals surface area (Å²) in [6.45, 7) is 1.91. The minimum atomic E-state index is -0.0935. The first kappa shape index (κ1) is 19.0. The second-order valence-corrected chi connectivity index (χ2v) is 7.11. The van der Waals surface area contributed by atoms with Gasteiger partial charge in [0.25, 0.3) is 0 Å². The highest BCUT2D eigenvalue weighted by Crippen LogP contribution is 2.25. The van der Waals surface area contributed by atoms with Crippen LogP contribution in [0, 0.1) is 5.92 Å². The van der Waals surface area contributed by atoms with Gasteiger partial charge in [0, 0.05) is 37.5 Å². The van der Waals surface area contributed by atoms with Crippen molar-refractivity contribution in [2.75, 3.05) is 32.2 Å². The van der Waals surface area contributed by atoms with E-state index in [4.69, 9.17) is 9.47 Å². The number of hydrogen-bond acceptors (Lipinski definition) is 6. The molecule has 3 aromatic rings. The number of rotatable bonds is 6. The van der Waals surface area contributed by atoms with Crippen molar-refractivity contribution in [1.29, 1.82) is 0 Å². The number of pyridine rings is 1. The lowest BCUT2D eigenvalue weighted by Crippen LogP contribution is -2.43. The Hall–Kier alpha value is -3.29. The summed E-state index contributed by atoms with van der Waals surface area (Å²) in [5.74, 6) is 2.16. The van der Waals surface area contributed by atoms with Gasteiger partial charge in [0.15, 0.2) is 5.65 Å². The summed E-state index contributed by atoms with van der Waals surface area (Å²) in [6.07, 6.45) is 3.74. The van der Waals surface area contributed by atoms with E-state index in [1.807, 2.05) is 47.0 Å². The van der Waals surface area contributed by atoms with E-state index in [2.05, 4.69) is 20.4 Å². The lowest BCUT2D eigenvalue weighted by molar-refractivity contribution is -0.125. The highest BCUT2D eigenvalue weighted by Gasteiger charge is 2.28. The molecule has 1 atom stereocenters. The molecule has 3 heterocycles. The summed E-state index contributed by atoms with van der Waals surface area (Å²) < 4.78 is 12.6. The van der Waals surface area contributed by atoms with Crippen LogP contribution in [0.15, 0.2) is 42.6 Å². The number of fused-ring (bicyclic) bond motifs is 1. The molecule has 0 bridgehead atoms. The molecule has 29 heavy (non-hydrogen) atoms. The van der Waals surface area contributed by atoms with Gasteiger partial charge in [-0.15, -0.1) is 10.2 Å². The van der Waals surface area contributed by atoms with Crippen molar-refractivity contribution in [3.8, 4) is 11.5 Å². The number of anilines is 1. The van der Waals surface area contributed by atoms with E-state index in [1.165, 1.54) is 0 Å². The van der Waals surface area contributed by atoms with Gasteiger partial charge in [0.1, 0.15) is 11.5 Å². The molecule has 1 unspecified atom stereocenters. The number of nitrogens with zero attached hydrogens (tertiary/aromatic N) is 4. The molecule has 0 radical (unpaired) electrons. The normalized spacial score (nSPS) is 16.6. The molecule has 1 fully saturated rings. The molecule has 0 spiro atoms. The van der Waals surface area contributed by atoms with Crippen LogP contribution in [0.25, 0.3) is 5.65 Å². The summed E-state index contributed by atoms with van der Waals surface area (Å²) in [6, 6.07) is 11.4. The molecular weight excluding hydrogens is 370 g/mol. The van der Waals surface area contributed by atoms with Crippen molar-refractivity contribution < 1.29 is 14.3 Å². The summed E-state index contributed by atoms with van der Waals surface area (Å²) in [5.41, 5.74) is 1.72. The molecule has 2 aromatic heterocycles. The number of benzene rings is 1. The van der Waals surface area contributed by atoms with Gasteiger partial charge >= 0.3 is 0 Å². The van der Waals surface area contributed by atoms with Crippen LogP contribution in [-0.4, -0.2) is 47.8 Å². The first-order valence-corrected chi connectivity index (χ1v) is 9.73. The topological polar surface area (TPSA) is 81.0 Å². The van der Waals surface area contributed by atoms with Crippen LogP contribution in [0.3, 0.4) is 0 Å². The second-order valence-electron chi connectivity index (χ2n) is 7.11. The number of ether oxygens (including phenoxy) is 2. The fraction of sp³-hybridized carbons (Fsp3) is 0.381. The van der Waals surface area contributed by atoms with E-state index in [-0.39, 0.29) is 11.8 Å². The molecule has 1 saturated heterocycles. The smallest absolute Gasteiger partial charge is 0.231 e. The van der Waals surface area contributed by atoms with E-state index in [9.17, 15) is 4.79 Å². The lowest BCUT2D eigenvalue weighted by Gasteiger charge is -2.32. The minimum absolute atomic E-state index is 0.0430. The molecule has 0 aliphatic carbocycles. The van der Waals surface area contributed by atoms with Crippen LogP contribution < -0.4 is 19.7 Å². The molecule has 1 aliphatic rings. The molecule has 152 valence electrons. The molecule has 1 aromatic carbocycles. The van der Waals surface area contributed by atoms with Crippen LogP contribution >= 0.6 is 0 Å². The first-order valence-electron chi connectivity index (χ1n) is 9.73. The van der Waals surface area contributed by atoms with E-state index >= 15 is 0 Å². The van der Waals surface area contributed by atoms with E-state index in [1.54, 1.807) is 14.2 Å². The molecular formula is C21H25N5O3. The Balaban J connectivity index is 1.42. The molecule has 4 rings (SSSR count). The van der Waals surface area contributed by atoms with Gasteiger partial charge in [-0.25, -0.2) is 0 Å². The Morgan fingerprint density at radius 3 is 2.93 bits per heavy atom. The van der Waals surface area contributed by atoms with Crippen LogP contribution in [0.1, 0.15) is 18.4 Å². The fourth-order valence-corrected chi connectivity index (χ4v) is 3.74. The first-order chi connectivity index (χ1) is 14.2. The van der Waals surface area contributed by atoms with Crippen molar-refractivity contribution in [2.24, 2.45) is 5.92 Å². The van der Waals surface area contributed by atoms with Crippen molar-refractivity contribution >= 4 is 17.5 Å². The lowest BCUT2D eigenvalue weighted by atomic mass is 9.97. The van der Waals surface area contributed by atoms with E-state index < -0.39 is 0 Å². The summed E-state index contributed by atoms with van der Waals surface area (Å²) >= 11 is 0. The van der Waals surface area contributed by atoms with Gasteiger partial charge in [-0.2, -0.15) is 0 Å². The number of piperidine rings is 1. The Kier molecular flexibility index (Phi) is 5.50. The SMILES string of the molecule is COc1ccc(CNC(=O)C2CCCN(c3nnc4ccccn34)C2)c(OC)c1. The summed E-state index contributed by atoms with van der Waals surface area (Å²) in [7, 11) is 3.23. The number of carbonyl (C=O) groups excluding carboxylic acids is 1. The molecule has 8 nitrogen and oxygen atoms in total. The maximum atomic E-state index is 12.8. The fourth-order valence-electron chi connectivity index (χ4n) is 3.74. The third-order valence-corrected chi connectivity index (χ3v) is 5.32. The zero-order valence-electron chi connectivity index (χ0n) is 16.7. The number of carbonyl (C=O) groups is 1. The molecule has 1 amide bonds. The Bertz CT molecular complexity index is 1000. The van der Waals surface area contributed by atoms with Gasteiger partial charge in [-0.1, -0.05) is 6.07 Å². The van der Waals surface area contributed by atoms with Crippen molar-refractivity contribution in [3.05, 3.63) is 48.2 Å². The number of hydrogen-bond donors (Lipinski definition) is 1. The molecule has 1 N–H and O–H groups in total. The molecule has 1 aliphatic heterocycles. The number of aromatic nitrogens is 3. The van der Waals surface area contributed by atoms with E-state index in [0.717, 1.165) is 42.3 Å². The van der Waals surface area contributed by atoms with Crippen molar-refractivity contribution in [3.63, 3.8) is 0 Å². The van der Waals surface area contributed by atoms with Crippen LogP contribution in [0.2, 0.25) is 0 Å². The third-order valence-electron chi connectivity index (χ3n) is 5.32. The molecule has 8 heteroatoms. The zero-order valence-corrected chi connectivity index (χ0v) is 16.7.